The highest BCUT2D eigenvalue weighted by atomic mass is 79.9. The summed E-state index contributed by atoms with van der Waals surface area (Å²) in [6, 6.07) is 6.49. The van der Waals surface area contributed by atoms with Crippen molar-refractivity contribution in [1.29, 1.82) is 0 Å². The van der Waals surface area contributed by atoms with E-state index in [4.69, 9.17) is 9.47 Å². The van der Waals surface area contributed by atoms with Crippen molar-refractivity contribution < 1.29 is 24.1 Å². The zero-order valence-electron chi connectivity index (χ0n) is 13.5. The lowest BCUT2D eigenvalue weighted by Crippen LogP contribution is -2.12. The van der Waals surface area contributed by atoms with E-state index in [0.717, 1.165) is 19.2 Å². The molecule has 0 aliphatic heterocycles. The van der Waals surface area contributed by atoms with Crippen molar-refractivity contribution in [3.05, 3.63) is 60.6 Å². The van der Waals surface area contributed by atoms with E-state index in [1.165, 1.54) is 19.2 Å². The highest BCUT2D eigenvalue weighted by Gasteiger charge is 2.28. The van der Waals surface area contributed by atoms with Gasteiger partial charge in [-0.3, -0.25) is 25.0 Å². The standard InChI is InChI=1S/C15H12BrN3O7/c1-25-13-4-3-8(5-10(13)16)15(20)17-9-6-11(18(21)22)14(26-2)12(7-9)19(23)24/h3-7H,1-2H3,(H,17,20). The molecule has 0 bridgehead atoms. The van der Waals surface area contributed by atoms with Gasteiger partial charge >= 0.3 is 11.4 Å². The van der Waals surface area contributed by atoms with Crippen LogP contribution in [0.4, 0.5) is 17.1 Å². The van der Waals surface area contributed by atoms with Crippen molar-refractivity contribution in [3.63, 3.8) is 0 Å². The summed E-state index contributed by atoms with van der Waals surface area (Å²) in [6.45, 7) is 0. The number of benzene rings is 2. The van der Waals surface area contributed by atoms with Gasteiger partial charge in [-0.25, -0.2) is 0 Å². The van der Waals surface area contributed by atoms with Gasteiger partial charge in [-0.05, 0) is 34.1 Å². The van der Waals surface area contributed by atoms with Crippen LogP contribution in [0.1, 0.15) is 10.4 Å². The van der Waals surface area contributed by atoms with E-state index in [1.54, 1.807) is 6.07 Å². The second-order valence-electron chi connectivity index (χ2n) is 4.87. The van der Waals surface area contributed by atoms with Crippen LogP contribution in [0, 0.1) is 20.2 Å². The Morgan fingerprint density at radius 2 is 1.62 bits per heavy atom. The molecule has 0 saturated carbocycles. The summed E-state index contributed by atoms with van der Waals surface area (Å²) in [5.74, 6) is -0.593. The molecule has 2 aromatic rings. The van der Waals surface area contributed by atoms with Crippen molar-refractivity contribution in [2.24, 2.45) is 0 Å². The Bertz CT molecular complexity index is 866. The highest BCUT2D eigenvalue weighted by Crippen LogP contribution is 2.39. The second-order valence-corrected chi connectivity index (χ2v) is 5.72. The first kappa shape index (κ1) is 19.1. The maximum Gasteiger partial charge on any atom is 0.320 e. The first-order chi connectivity index (χ1) is 12.3. The normalized spacial score (nSPS) is 10.1. The van der Waals surface area contributed by atoms with Crippen molar-refractivity contribution in [3.8, 4) is 11.5 Å². The Balaban J connectivity index is 2.42. The topological polar surface area (TPSA) is 134 Å². The molecule has 11 heteroatoms. The average Bonchev–Trinajstić information content (AvgIpc) is 2.60. The number of nitro groups is 2. The number of rotatable bonds is 6. The van der Waals surface area contributed by atoms with Gasteiger partial charge in [0.05, 0.1) is 34.2 Å². The summed E-state index contributed by atoms with van der Waals surface area (Å²) in [5, 5.41) is 24.7. The number of carbonyl (C=O) groups is 1. The molecule has 10 nitrogen and oxygen atoms in total. The molecule has 2 aromatic carbocycles. The number of nitro benzene ring substituents is 2. The molecule has 136 valence electrons. The lowest BCUT2D eigenvalue weighted by atomic mass is 10.2. The molecule has 0 spiro atoms. The molecular weight excluding hydrogens is 414 g/mol. The molecule has 0 aliphatic carbocycles. The maximum atomic E-state index is 12.3. The van der Waals surface area contributed by atoms with Crippen LogP contribution in [-0.4, -0.2) is 30.0 Å². The monoisotopic (exact) mass is 425 g/mol. The van der Waals surface area contributed by atoms with Gasteiger partial charge in [0.25, 0.3) is 11.7 Å². The molecular formula is C15H12BrN3O7. The molecule has 26 heavy (non-hydrogen) atoms. The lowest BCUT2D eigenvalue weighted by molar-refractivity contribution is -0.395. The zero-order valence-corrected chi connectivity index (χ0v) is 15.1. The first-order valence-electron chi connectivity index (χ1n) is 6.94. The molecule has 0 fully saturated rings. The minimum Gasteiger partial charge on any atom is -0.496 e. The smallest absolute Gasteiger partial charge is 0.320 e. The van der Waals surface area contributed by atoms with E-state index in [2.05, 4.69) is 21.2 Å². The van der Waals surface area contributed by atoms with Gasteiger partial charge in [-0.15, -0.1) is 0 Å². The van der Waals surface area contributed by atoms with Gasteiger partial charge in [0.1, 0.15) is 5.75 Å². The maximum absolute atomic E-state index is 12.3. The van der Waals surface area contributed by atoms with E-state index in [0.29, 0.717) is 10.2 Å². The number of halogens is 1. The molecule has 0 unspecified atom stereocenters. The third-order valence-corrected chi connectivity index (χ3v) is 3.94. The summed E-state index contributed by atoms with van der Waals surface area (Å²) in [5.41, 5.74) is -1.15. The Labute approximate surface area is 155 Å². The summed E-state index contributed by atoms with van der Waals surface area (Å²) in [7, 11) is 2.55. The number of nitrogens with one attached hydrogen (secondary N) is 1. The Kier molecular flexibility index (Phi) is 5.72. The number of carbonyl (C=O) groups excluding carboxylic acids is 1. The summed E-state index contributed by atoms with van der Waals surface area (Å²) in [6.07, 6.45) is 0. The van der Waals surface area contributed by atoms with Crippen molar-refractivity contribution in [2.75, 3.05) is 19.5 Å². The molecule has 0 aromatic heterocycles. The van der Waals surface area contributed by atoms with Gasteiger partial charge < -0.3 is 14.8 Å². The Morgan fingerprint density at radius 1 is 1.04 bits per heavy atom. The van der Waals surface area contributed by atoms with Gasteiger partial charge in [0.2, 0.25) is 0 Å². The van der Waals surface area contributed by atoms with E-state index in [9.17, 15) is 25.0 Å². The van der Waals surface area contributed by atoms with Gasteiger partial charge in [-0.1, -0.05) is 0 Å². The summed E-state index contributed by atoms with van der Waals surface area (Å²) < 4.78 is 10.4. The van der Waals surface area contributed by atoms with E-state index in [-0.39, 0.29) is 11.3 Å². The predicted octanol–water partition coefficient (Wildman–Crippen LogP) is 3.54. The first-order valence-corrected chi connectivity index (χ1v) is 7.73. The van der Waals surface area contributed by atoms with Crippen LogP contribution >= 0.6 is 15.9 Å². The largest absolute Gasteiger partial charge is 0.496 e. The van der Waals surface area contributed by atoms with Crippen LogP contribution in [0.25, 0.3) is 0 Å². The van der Waals surface area contributed by atoms with Crippen LogP contribution in [0.5, 0.6) is 11.5 Å². The van der Waals surface area contributed by atoms with Gasteiger partial charge in [-0.2, -0.15) is 0 Å². The van der Waals surface area contributed by atoms with Crippen molar-refractivity contribution >= 4 is 38.9 Å². The quantitative estimate of drug-likeness (QED) is 0.552. The molecule has 1 amide bonds. The fourth-order valence-electron chi connectivity index (χ4n) is 2.16. The van der Waals surface area contributed by atoms with Crippen molar-refractivity contribution in [1.82, 2.24) is 0 Å². The zero-order chi connectivity index (χ0) is 19.4. The average molecular weight is 426 g/mol. The highest BCUT2D eigenvalue weighted by molar-refractivity contribution is 9.10. The van der Waals surface area contributed by atoms with Crippen LogP contribution in [0.3, 0.4) is 0 Å². The molecule has 0 aliphatic rings. The number of amides is 1. The van der Waals surface area contributed by atoms with E-state index < -0.39 is 32.9 Å². The number of nitrogens with zero attached hydrogens (tertiary/aromatic N) is 2. The molecule has 0 saturated heterocycles. The summed E-state index contributed by atoms with van der Waals surface area (Å²) >= 11 is 3.24. The number of hydrogen-bond acceptors (Lipinski definition) is 7. The lowest BCUT2D eigenvalue weighted by Gasteiger charge is -2.09. The fourth-order valence-corrected chi connectivity index (χ4v) is 2.70. The summed E-state index contributed by atoms with van der Waals surface area (Å²) in [4.78, 5) is 33.0. The second kappa shape index (κ2) is 7.78. The van der Waals surface area contributed by atoms with Crippen LogP contribution in [-0.2, 0) is 0 Å². The molecule has 0 radical (unpaired) electrons. The van der Waals surface area contributed by atoms with E-state index >= 15 is 0 Å². The predicted molar refractivity (Wildman–Crippen MR) is 95.0 cm³/mol. The molecule has 0 heterocycles. The molecule has 2 rings (SSSR count). The van der Waals surface area contributed by atoms with Crippen LogP contribution in [0.2, 0.25) is 0 Å². The van der Waals surface area contributed by atoms with Gasteiger partial charge in [0.15, 0.2) is 0 Å². The number of methoxy groups -OCH3 is 2. The SMILES string of the molecule is COc1ccc(C(=O)Nc2cc([N+](=O)[O-])c(OC)c([N+](=O)[O-])c2)cc1Br. The van der Waals surface area contributed by atoms with Gasteiger partial charge in [0, 0.05) is 17.7 Å². The molecule has 0 atom stereocenters. The third-order valence-electron chi connectivity index (χ3n) is 3.32. The fraction of sp³-hybridized carbons (Fsp3) is 0.133. The minimum atomic E-state index is -0.828. The molecule has 1 N–H and O–H groups in total. The van der Waals surface area contributed by atoms with Crippen molar-refractivity contribution in [2.45, 2.75) is 0 Å². The number of anilines is 1. The minimum absolute atomic E-state index is 0.110. The number of hydrogen-bond donors (Lipinski definition) is 1. The Hall–Kier alpha value is -3.21. The third kappa shape index (κ3) is 3.88. The number of ether oxygens (including phenoxy) is 2. The van der Waals surface area contributed by atoms with Crippen LogP contribution in [0.15, 0.2) is 34.8 Å². The van der Waals surface area contributed by atoms with E-state index in [1.807, 2.05) is 0 Å². The Morgan fingerprint density at radius 3 is 2.04 bits per heavy atom. The van der Waals surface area contributed by atoms with Crippen LogP contribution < -0.4 is 14.8 Å².